The Morgan fingerprint density at radius 2 is 1.72 bits per heavy atom. The van der Waals surface area contributed by atoms with E-state index in [1.54, 1.807) is 0 Å². The molecule has 7 nitrogen and oxygen atoms in total. The average molecular weight is 527 g/mol. The maximum absolute atomic E-state index is 12.8. The molecule has 0 radical (unpaired) electrons. The molecule has 8 bridgehead atoms. The molecule has 0 spiro atoms. The predicted octanol–water partition coefficient (Wildman–Crippen LogP) is 4.72. The Morgan fingerprint density at radius 1 is 0.949 bits per heavy atom. The number of rotatable bonds is 2. The van der Waals surface area contributed by atoms with Crippen LogP contribution < -0.4 is 10.6 Å². The molecule has 3 aromatic rings. The van der Waals surface area contributed by atoms with E-state index in [-0.39, 0.29) is 11.8 Å². The highest BCUT2D eigenvalue weighted by molar-refractivity contribution is 5.78. The van der Waals surface area contributed by atoms with Crippen molar-refractivity contribution in [1.29, 1.82) is 0 Å². The molecule has 8 rings (SSSR count). The number of carbonyl (C=O) groups is 1. The van der Waals surface area contributed by atoms with Crippen molar-refractivity contribution in [3.63, 3.8) is 0 Å². The predicted molar refractivity (Wildman–Crippen MR) is 157 cm³/mol. The SMILES string of the molecule is CC(C)Nc1cc2cc(c1)CN1CCC(CC1)C(=O)NCCCN(C)Cc1ccc(cc1)-c1ccnc(n1)C2. The van der Waals surface area contributed by atoms with Gasteiger partial charge in [-0.25, -0.2) is 9.97 Å². The lowest BCUT2D eigenvalue weighted by atomic mass is 9.95. The van der Waals surface area contributed by atoms with Crippen molar-refractivity contribution in [2.75, 3.05) is 38.5 Å². The van der Waals surface area contributed by atoms with Gasteiger partial charge in [-0.05, 0) is 94.7 Å². The molecule has 0 aliphatic carbocycles. The van der Waals surface area contributed by atoms with Crippen LogP contribution in [0.25, 0.3) is 11.3 Å². The number of piperidine rings is 1. The van der Waals surface area contributed by atoms with Crippen LogP contribution in [0.15, 0.2) is 54.7 Å². The summed E-state index contributed by atoms with van der Waals surface area (Å²) in [6.45, 7) is 9.66. The van der Waals surface area contributed by atoms with E-state index in [9.17, 15) is 4.79 Å². The lowest BCUT2D eigenvalue weighted by molar-refractivity contribution is -0.126. The zero-order valence-corrected chi connectivity index (χ0v) is 23.6. The monoisotopic (exact) mass is 526 g/mol. The van der Waals surface area contributed by atoms with Gasteiger partial charge in [0.05, 0.1) is 5.69 Å². The molecule has 1 amide bonds. The number of anilines is 1. The van der Waals surface area contributed by atoms with Crippen molar-refractivity contribution in [1.82, 2.24) is 25.1 Å². The zero-order chi connectivity index (χ0) is 27.2. The normalized spacial score (nSPS) is 21.1. The Labute approximate surface area is 233 Å². The Bertz CT molecular complexity index is 1250. The Hall–Kier alpha value is -3.29. The largest absolute Gasteiger partial charge is 0.383 e. The summed E-state index contributed by atoms with van der Waals surface area (Å²) in [5.74, 6) is 1.17. The van der Waals surface area contributed by atoms with Gasteiger partial charge >= 0.3 is 0 Å². The maximum Gasteiger partial charge on any atom is 0.223 e. The number of hydrogen-bond donors (Lipinski definition) is 2. The van der Waals surface area contributed by atoms with E-state index >= 15 is 0 Å². The van der Waals surface area contributed by atoms with Crippen LogP contribution in [0.4, 0.5) is 5.69 Å². The number of aromatic nitrogens is 2. The van der Waals surface area contributed by atoms with Crippen LogP contribution in [0.5, 0.6) is 0 Å². The van der Waals surface area contributed by atoms with Crippen LogP contribution in [0.3, 0.4) is 0 Å². The van der Waals surface area contributed by atoms with E-state index in [0.717, 1.165) is 81.3 Å². The van der Waals surface area contributed by atoms with Gasteiger partial charge in [-0.15, -0.1) is 0 Å². The van der Waals surface area contributed by atoms with Crippen LogP contribution in [0, 0.1) is 5.92 Å². The molecule has 6 heterocycles. The highest BCUT2D eigenvalue weighted by Crippen LogP contribution is 2.24. The molecule has 0 atom stereocenters. The third-order valence-corrected chi connectivity index (χ3v) is 7.66. The molecule has 2 aromatic carbocycles. The Kier molecular flexibility index (Phi) is 8.89. The highest BCUT2D eigenvalue weighted by Gasteiger charge is 2.25. The molecule has 1 aromatic heterocycles. The summed E-state index contributed by atoms with van der Waals surface area (Å²) in [4.78, 5) is 27.2. The molecular formula is C32H42N6O. The van der Waals surface area contributed by atoms with Gasteiger partial charge < -0.3 is 15.5 Å². The second-order valence-corrected chi connectivity index (χ2v) is 11.5. The van der Waals surface area contributed by atoms with Crippen molar-refractivity contribution in [2.24, 2.45) is 5.92 Å². The van der Waals surface area contributed by atoms with Gasteiger partial charge in [-0.1, -0.05) is 30.3 Å². The first-order chi connectivity index (χ1) is 18.9. The first-order valence-corrected chi connectivity index (χ1v) is 14.4. The maximum atomic E-state index is 12.8. The summed E-state index contributed by atoms with van der Waals surface area (Å²) in [6.07, 6.45) is 5.33. The Balaban J connectivity index is 1.42. The molecular weight excluding hydrogens is 484 g/mol. The molecule has 39 heavy (non-hydrogen) atoms. The van der Waals surface area contributed by atoms with Gasteiger partial charge in [-0.2, -0.15) is 0 Å². The average Bonchev–Trinajstić information content (AvgIpc) is 2.91. The first-order valence-electron chi connectivity index (χ1n) is 14.4. The summed E-state index contributed by atoms with van der Waals surface area (Å²) in [7, 11) is 2.14. The minimum atomic E-state index is 0.119. The smallest absolute Gasteiger partial charge is 0.223 e. The fourth-order valence-corrected chi connectivity index (χ4v) is 5.69. The van der Waals surface area contributed by atoms with E-state index in [4.69, 9.17) is 4.98 Å². The number of nitrogens with one attached hydrogen (secondary N) is 2. The van der Waals surface area contributed by atoms with Crippen molar-refractivity contribution < 1.29 is 4.79 Å². The van der Waals surface area contributed by atoms with Crippen molar-refractivity contribution in [2.45, 2.75) is 58.7 Å². The van der Waals surface area contributed by atoms with E-state index in [1.165, 1.54) is 16.7 Å². The quantitative estimate of drug-likeness (QED) is 0.504. The lowest BCUT2D eigenvalue weighted by Gasteiger charge is -2.31. The molecule has 0 unspecified atom stereocenters. The number of benzene rings is 2. The Morgan fingerprint density at radius 3 is 2.49 bits per heavy atom. The third-order valence-electron chi connectivity index (χ3n) is 7.66. The summed E-state index contributed by atoms with van der Waals surface area (Å²) < 4.78 is 0. The molecule has 0 saturated carbocycles. The van der Waals surface area contributed by atoms with Crippen LogP contribution in [0.1, 0.15) is 55.6 Å². The molecule has 1 saturated heterocycles. The van der Waals surface area contributed by atoms with Gasteiger partial charge in [-0.3, -0.25) is 9.69 Å². The zero-order valence-electron chi connectivity index (χ0n) is 23.6. The number of hydrogen-bond acceptors (Lipinski definition) is 6. The topological polar surface area (TPSA) is 73.4 Å². The molecule has 206 valence electrons. The summed E-state index contributed by atoms with van der Waals surface area (Å²) in [6, 6.07) is 17.8. The van der Waals surface area contributed by atoms with Gasteiger partial charge in [0, 0.05) is 55.5 Å². The second kappa shape index (κ2) is 12.7. The van der Waals surface area contributed by atoms with E-state index in [2.05, 4.69) is 88.8 Å². The third kappa shape index (κ3) is 7.64. The fourth-order valence-electron chi connectivity index (χ4n) is 5.69. The standard InChI is InChI=1S/C32H42N6O/c1-23(2)35-29-18-25-17-26(19-29)22-38-15-10-28(11-16-38)32(39)34-12-4-14-37(3)21-24-5-7-27(8-6-24)30-9-13-33-31(20-25)36-30/h5-9,13,17-19,23,28,35H,4,10-12,14-16,20-22H2,1-3H3,(H,34,39). The summed E-state index contributed by atoms with van der Waals surface area (Å²) >= 11 is 0. The van der Waals surface area contributed by atoms with Gasteiger partial charge in [0.15, 0.2) is 0 Å². The highest BCUT2D eigenvalue weighted by atomic mass is 16.1. The van der Waals surface area contributed by atoms with Crippen molar-refractivity contribution >= 4 is 11.6 Å². The van der Waals surface area contributed by atoms with E-state index in [1.807, 2.05) is 12.3 Å². The molecule has 2 N–H and O–H groups in total. The van der Waals surface area contributed by atoms with E-state index < -0.39 is 0 Å². The van der Waals surface area contributed by atoms with Gasteiger partial charge in [0.25, 0.3) is 0 Å². The number of amides is 1. The van der Waals surface area contributed by atoms with Gasteiger partial charge in [0.1, 0.15) is 5.82 Å². The lowest BCUT2D eigenvalue weighted by Crippen LogP contribution is -2.40. The van der Waals surface area contributed by atoms with Crippen LogP contribution in [-0.4, -0.2) is 64.9 Å². The van der Waals surface area contributed by atoms with Gasteiger partial charge in [0.2, 0.25) is 5.91 Å². The summed E-state index contributed by atoms with van der Waals surface area (Å²) in [5.41, 5.74) is 6.95. The molecule has 5 aliphatic heterocycles. The van der Waals surface area contributed by atoms with Crippen LogP contribution in [-0.2, 0) is 24.3 Å². The van der Waals surface area contributed by atoms with Crippen LogP contribution in [0.2, 0.25) is 0 Å². The minimum absolute atomic E-state index is 0.119. The molecule has 7 heteroatoms. The molecule has 1 fully saturated rings. The van der Waals surface area contributed by atoms with Crippen molar-refractivity contribution in [3.8, 4) is 11.3 Å². The number of carbonyl (C=O) groups excluding carboxylic acids is 1. The van der Waals surface area contributed by atoms with Crippen molar-refractivity contribution in [3.05, 3.63) is 77.2 Å². The molecule has 5 aliphatic rings. The van der Waals surface area contributed by atoms with Crippen LogP contribution >= 0.6 is 0 Å². The summed E-state index contributed by atoms with van der Waals surface area (Å²) in [5, 5.41) is 6.79. The van der Waals surface area contributed by atoms with E-state index in [0.29, 0.717) is 12.5 Å². The second-order valence-electron chi connectivity index (χ2n) is 11.5. The first kappa shape index (κ1) is 27.3. The number of nitrogens with zero attached hydrogens (tertiary/aromatic N) is 4. The fraction of sp³-hybridized carbons (Fsp3) is 0.469. The minimum Gasteiger partial charge on any atom is -0.383 e.